The van der Waals surface area contributed by atoms with Gasteiger partial charge in [-0.25, -0.2) is 0 Å². The van der Waals surface area contributed by atoms with E-state index in [1.807, 2.05) is 0 Å². The molecule has 0 spiro atoms. The van der Waals surface area contributed by atoms with Gasteiger partial charge < -0.3 is 16.4 Å². The zero-order valence-electron chi connectivity index (χ0n) is 12.5. The molecule has 0 saturated heterocycles. The van der Waals surface area contributed by atoms with Crippen LogP contribution >= 0.6 is 0 Å². The highest BCUT2D eigenvalue weighted by Crippen LogP contribution is 2.26. The fraction of sp³-hybridized carbons (Fsp3) is 0.733. The van der Waals surface area contributed by atoms with Gasteiger partial charge in [0.1, 0.15) is 0 Å². The van der Waals surface area contributed by atoms with E-state index in [9.17, 15) is 4.79 Å². The predicted octanol–water partition coefficient (Wildman–Crippen LogP) is 0.693. The molecule has 0 aromatic carbocycles. The predicted molar refractivity (Wildman–Crippen MR) is 80.9 cm³/mol. The van der Waals surface area contributed by atoms with Crippen LogP contribution in [0.5, 0.6) is 0 Å². The number of aromatic amines is 1. The Hall–Kier alpha value is -1.40. The zero-order chi connectivity index (χ0) is 14.7. The third-order valence-corrected chi connectivity index (χ3v) is 4.81. The number of rotatable bonds is 4. The van der Waals surface area contributed by atoms with E-state index in [1.165, 1.54) is 32.1 Å². The molecule has 1 aliphatic heterocycles. The number of amides is 1. The van der Waals surface area contributed by atoms with E-state index in [2.05, 4.69) is 20.8 Å². The molecule has 1 aromatic rings. The molecule has 1 aromatic heterocycles. The summed E-state index contributed by atoms with van der Waals surface area (Å²) < 4.78 is 0. The molecule has 21 heavy (non-hydrogen) atoms. The number of carbonyl (C=O) groups is 1. The third kappa shape index (κ3) is 3.11. The van der Waals surface area contributed by atoms with Gasteiger partial charge in [0.15, 0.2) is 5.69 Å². The van der Waals surface area contributed by atoms with Crippen LogP contribution in [0.2, 0.25) is 0 Å². The van der Waals surface area contributed by atoms with Crippen LogP contribution in [0.4, 0.5) is 0 Å². The molecule has 6 heteroatoms. The second-order valence-corrected chi connectivity index (χ2v) is 6.17. The smallest absolute Gasteiger partial charge is 0.272 e. The zero-order valence-corrected chi connectivity index (χ0v) is 12.5. The number of nitrogens with one attached hydrogen (secondary N) is 3. The molecule has 116 valence electrons. The number of nitrogens with two attached hydrogens (primary N) is 1. The lowest BCUT2D eigenvalue weighted by molar-refractivity contribution is 0.0909. The molecule has 1 aliphatic carbocycles. The first kappa shape index (κ1) is 14.5. The number of hydrogen-bond donors (Lipinski definition) is 4. The van der Waals surface area contributed by atoms with Crippen molar-refractivity contribution in [2.45, 2.75) is 51.1 Å². The lowest BCUT2D eigenvalue weighted by Gasteiger charge is -2.30. The number of hydrogen-bond acceptors (Lipinski definition) is 4. The van der Waals surface area contributed by atoms with Gasteiger partial charge in [-0.1, -0.05) is 19.3 Å². The Morgan fingerprint density at radius 3 is 2.95 bits per heavy atom. The molecule has 1 atom stereocenters. The number of nitrogens with zero attached hydrogens (tertiary/aromatic N) is 1. The van der Waals surface area contributed by atoms with Crippen LogP contribution in [0.25, 0.3) is 0 Å². The maximum Gasteiger partial charge on any atom is 0.272 e. The van der Waals surface area contributed by atoms with Crippen molar-refractivity contribution in [1.29, 1.82) is 0 Å². The Labute approximate surface area is 125 Å². The first-order valence-corrected chi connectivity index (χ1v) is 8.07. The summed E-state index contributed by atoms with van der Waals surface area (Å²) in [7, 11) is 0. The van der Waals surface area contributed by atoms with Gasteiger partial charge in [0, 0.05) is 43.4 Å². The summed E-state index contributed by atoms with van der Waals surface area (Å²) in [6, 6.07) is 0.0710. The maximum atomic E-state index is 12.5. The standard InChI is InChI=1S/C15H25N5O/c16-8-13(10-4-2-1-3-5-10)18-15(21)14-11-9-17-7-6-12(11)19-20-14/h10,13,17H,1-9,16H2,(H,18,21)(H,19,20). The fourth-order valence-electron chi connectivity index (χ4n) is 3.56. The topological polar surface area (TPSA) is 95.8 Å². The van der Waals surface area contributed by atoms with E-state index in [1.54, 1.807) is 0 Å². The molecule has 1 saturated carbocycles. The van der Waals surface area contributed by atoms with Crippen LogP contribution < -0.4 is 16.4 Å². The Morgan fingerprint density at radius 1 is 1.38 bits per heavy atom. The van der Waals surface area contributed by atoms with Crippen molar-refractivity contribution < 1.29 is 4.79 Å². The maximum absolute atomic E-state index is 12.5. The molecular weight excluding hydrogens is 266 g/mol. The van der Waals surface area contributed by atoms with Crippen molar-refractivity contribution in [3.63, 3.8) is 0 Å². The highest BCUT2D eigenvalue weighted by Gasteiger charge is 2.27. The average molecular weight is 291 g/mol. The quantitative estimate of drug-likeness (QED) is 0.656. The Morgan fingerprint density at radius 2 is 2.19 bits per heavy atom. The second kappa shape index (κ2) is 6.58. The first-order valence-electron chi connectivity index (χ1n) is 8.07. The number of aromatic nitrogens is 2. The van der Waals surface area contributed by atoms with Gasteiger partial charge >= 0.3 is 0 Å². The van der Waals surface area contributed by atoms with Crippen LogP contribution in [-0.2, 0) is 13.0 Å². The normalized spacial score (nSPS) is 20.8. The highest BCUT2D eigenvalue weighted by molar-refractivity contribution is 5.94. The van der Waals surface area contributed by atoms with Crippen LogP contribution in [-0.4, -0.2) is 35.2 Å². The van der Waals surface area contributed by atoms with E-state index < -0.39 is 0 Å². The lowest BCUT2D eigenvalue weighted by Crippen LogP contribution is -2.46. The van der Waals surface area contributed by atoms with Crippen molar-refractivity contribution in [1.82, 2.24) is 20.8 Å². The van der Waals surface area contributed by atoms with E-state index in [-0.39, 0.29) is 11.9 Å². The molecular formula is C15H25N5O. The summed E-state index contributed by atoms with van der Waals surface area (Å²) in [6.45, 7) is 2.15. The molecule has 6 nitrogen and oxygen atoms in total. The van der Waals surface area contributed by atoms with E-state index in [0.717, 1.165) is 24.2 Å². The summed E-state index contributed by atoms with van der Waals surface area (Å²) >= 11 is 0. The van der Waals surface area contributed by atoms with Crippen molar-refractivity contribution in [2.75, 3.05) is 13.1 Å². The lowest BCUT2D eigenvalue weighted by atomic mass is 9.84. The monoisotopic (exact) mass is 291 g/mol. The number of fused-ring (bicyclic) bond motifs is 1. The van der Waals surface area contributed by atoms with E-state index in [0.29, 0.717) is 24.7 Å². The summed E-state index contributed by atoms with van der Waals surface area (Å²) in [6.07, 6.45) is 7.04. The van der Waals surface area contributed by atoms with Crippen molar-refractivity contribution >= 4 is 5.91 Å². The Kier molecular flexibility index (Phi) is 4.55. The van der Waals surface area contributed by atoms with Crippen molar-refractivity contribution in [3.05, 3.63) is 17.0 Å². The van der Waals surface area contributed by atoms with Gasteiger partial charge in [0.05, 0.1) is 0 Å². The second-order valence-electron chi connectivity index (χ2n) is 6.17. The molecule has 2 aliphatic rings. The number of H-pyrrole nitrogens is 1. The van der Waals surface area contributed by atoms with Crippen LogP contribution in [0.1, 0.15) is 53.8 Å². The third-order valence-electron chi connectivity index (χ3n) is 4.81. The summed E-state index contributed by atoms with van der Waals surface area (Å²) in [4.78, 5) is 12.5. The Balaban J connectivity index is 1.68. The van der Waals surface area contributed by atoms with E-state index >= 15 is 0 Å². The van der Waals surface area contributed by atoms with Crippen molar-refractivity contribution in [2.24, 2.45) is 11.7 Å². The SMILES string of the molecule is NCC(NC(=O)c1n[nH]c2c1CNCC2)C1CCCCC1. The van der Waals surface area contributed by atoms with Crippen LogP contribution in [0.15, 0.2) is 0 Å². The molecule has 1 amide bonds. The summed E-state index contributed by atoms with van der Waals surface area (Å²) in [5.74, 6) is 0.429. The van der Waals surface area contributed by atoms with Crippen LogP contribution in [0.3, 0.4) is 0 Å². The molecule has 0 bridgehead atoms. The molecule has 5 N–H and O–H groups in total. The first-order chi connectivity index (χ1) is 10.3. The van der Waals surface area contributed by atoms with Gasteiger partial charge in [0.25, 0.3) is 5.91 Å². The largest absolute Gasteiger partial charge is 0.346 e. The molecule has 3 rings (SSSR count). The minimum Gasteiger partial charge on any atom is -0.346 e. The van der Waals surface area contributed by atoms with Gasteiger partial charge in [-0.2, -0.15) is 5.10 Å². The minimum atomic E-state index is -0.0859. The summed E-state index contributed by atoms with van der Waals surface area (Å²) in [5.41, 5.74) is 8.52. The van der Waals surface area contributed by atoms with Gasteiger partial charge in [0.2, 0.25) is 0 Å². The highest BCUT2D eigenvalue weighted by atomic mass is 16.2. The summed E-state index contributed by atoms with van der Waals surface area (Å²) in [5, 5.41) is 13.6. The number of carbonyl (C=O) groups excluding carboxylic acids is 1. The van der Waals surface area contributed by atoms with Gasteiger partial charge in [-0.3, -0.25) is 9.89 Å². The fourth-order valence-corrected chi connectivity index (χ4v) is 3.56. The van der Waals surface area contributed by atoms with Crippen molar-refractivity contribution in [3.8, 4) is 0 Å². The van der Waals surface area contributed by atoms with Crippen LogP contribution in [0, 0.1) is 5.92 Å². The molecule has 0 radical (unpaired) electrons. The van der Waals surface area contributed by atoms with E-state index in [4.69, 9.17) is 5.73 Å². The Bertz CT molecular complexity index is 492. The van der Waals surface area contributed by atoms with Gasteiger partial charge in [-0.05, 0) is 18.8 Å². The van der Waals surface area contributed by atoms with Gasteiger partial charge in [-0.15, -0.1) is 0 Å². The minimum absolute atomic E-state index is 0.0710. The molecule has 2 heterocycles. The molecule has 1 fully saturated rings. The average Bonchev–Trinajstić information content (AvgIpc) is 2.97. The molecule has 1 unspecified atom stereocenters.